The maximum Gasteiger partial charge on any atom is 0.242 e. The maximum absolute atomic E-state index is 5.90. The van der Waals surface area contributed by atoms with Gasteiger partial charge in [0.1, 0.15) is 5.75 Å². The highest BCUT2D eigenvalue weighted by molar-refractivity contribution is 9.10. The summed E-state index contributed by atoms with van der Waals surface area (Å²) in [7, 11) is -1.48. The minimum absolute atomic E-state index is 0.844. The second kappa shape index (κ2) is 4.81. The van der Waals surface area contributed by atoms with E-state index in [-0.39, 0.29) is 0 Å². The van der Waals surface area contributed by atoms with E-state index in [9.17, 15) is 0 Å². The number of hydrogen-bond donors (Lipinski definition) is 0. The Balaban J connectivity index is 2.90. The maximum atomic E-state index is 5.90. The number of alkyl halides is 1. The van der Waals surface area contributed by atoms with Crippen molar-refractivity contribution in [3.63, 3.8) is 0 Å². The van der Waals surface area contributed by atoms with Crippen molar-refractivity contribution in [2.75, 3.05) is 0 Å². The minimum atomic E-state index is -1.48. The topological polar surface area (TPSA) is 9.23 Å². The molecule has 0 aliphatic rings. The lowest BCUT2D eigenvalue weighted by Crippen LogP contribution is -2.29. The van der Waals surface area contributed by atoms with Gasteiger partial charge in [-0.25, -0.2) is 0 Å². The van der Waals surface area contributed by atoms with E-state index in [4.69, 9.17) is 4.43 Å². The van der Waals surface area contributed by atoms with Crippen molar-refractivity contribution < 1.29 is 4.43 Å². The van der Waals surface area contributed by atoms with E-state index < -0.39 is 8.32 Å². The third-order valence-electron chi connectivity index (χ3n) is 1.59. The average Bonchev–Trinajstić information content (AvgIpc) is 2.06. The Labute approximate surface area is 103 Å². The predicted molar refractivity (Wildman–Crippen MR) is 70.7 cm³/mol. The zero-order chi connectivity index (χ0) is 10.8. The second-order valence-electron chi connectivity index (χ2n) is 4.10. The molecule has 0 aliphatic carbocycles. The summed E-state index contributed by atoms with van der Waals surface area (Å²) in [6.45, 7) is 6.55. The third kappa shape index (κ3) is 3.75. The normalized spacial score (nSPS) is 11.5. The lowest BCUT2D eigenvalue weighted by Gasteiger charge is -2.19. The first-order valence-electron chi connectivity index (χ1n) is 4.46. The Morgan fingerprint density at radius 3 is 2.43 bits per heavy atom. The average molecular weight is 338 g/mol. The van der Waals surface area contributed by atoms with Crippen LogP contribution in [0.5, 0.6) is 5.75 Å². The molecule has 1 aromatic rings. The molecular formula is C10H14Br2OSi. The van der Waals surface area contributed by atoms with Gasteiger partial charge in [-0.1, -0.05) is 31.9 Å². The van der Waals surface area contributed by atoms with Gasteiger partial charge in [-0.15, -0.1) is 0 Å². The van der Waals surface area contributed by atoms with Crippen LogP contribution in [0.4, 0.5) is 0 Å². The van der Waals surface area contributed by atoms with Crippen LogP contribution in [0.15, 0.2) is 22.7 Å². The summed E-state index contributed by atoms with van der Waals surface area (Å²) >= 11 is 6.94. The van der Waals surface area contributed by atoms with E-state index in [0.717, 1.165) is 15.6 Å². The molecule has 0 saturated carbocycles. The molecule has 1 nitrogen and oxygen atoms in total. The summed E-state index contributed by atoms with van der Waals surface area (Å²) in [6, 6.07) is 6.12. The summed E-state index contributed by atoms with van der Waals surface area (Å²) in [5.41, 5.74) is 1.22. The molecule has 14 heavy (non-hydrogen) atoms. The molecule has 1 aromatic carbocycles. The van der Waals surface area contributed by atoms with E-state index in [1.54, 1.807) is 0 Å². The Bertz CT molecular complexity index is 320. The van der Waals surface area contributed by atoms with Gasteiger partial charge in [0.25, 0.3) is 0 Å². The fourth-order valence-electron chi connectivity index (χ4n) is 1.07. The smallest absolute Gasteiger partial charge is 0.242 e. The SMILES string of the molecule is C[Si](C)(C)Oc1ccc(Br)c(CBr)c1. The molecule has 0 atom stereocenters. The first-order chi connectivity index (χ1) is 6.42. The van der Waals surface area contributed by atoms with Crippen LogP contribution in [0.1, 0.15) is 5.56 Å². The van der Waals surface area contributed by atoms with E-state index in [2.05, 4.69) is 57.6 Å². The minimum Gasteiger partial charge on any atom is -0.544 e. The molecule has 0 spiro atoms. The first-order valence-corrected chi connectivity index (χ1v) is 9.78. The molecule has 0 aliphatic heterocycles. The van der Waals surface area contributed by atoms with Gasteiger partial charge in [0.2, 0.25) is 8.32 Å². The highest BCUT2D eigenvalue weighted by Gasteiger charge is 2.16. The van der Waals surface area contributed by atoms with Gasteiger partial charge in [-0.05, 0) is 43.4 Å². The number of halogens is 2. The van der Waals surface area contributed by atoms with Crippen molar-refractivity contribution in [1.29, 1.82) is 0 Å². The van der Waals surface area contributed by atoms with Gasteiger partial charge in [0, 0.05) is 9.80 Å². The number of rotatable bonds is 3. The summed E-state index contributed by atoms with van der Waals surface area (Å²) in [6.07, 6.45) is 0. The van der Waals surface area contributed by atoms with Crippen molar-refractivity contribution in [3.05, 3.63) is 28.2 Å². The van der Waals surface area contributed by atoms with Crippen molar-refractivity contribution in [2.24, 2.45) is 0 Å². The fourth-order valence-corrected chi connectivity index (χ4v) is 3.13. The second-order valence-corrected chi connectivity index (χ2v) is 9.95. The Morgan fingerprint density at radius 2 is 1.93 bits per heavy atom. The van der Waals surface area contributed by atoms with Gasteiger partial charge in [0.15, 0.2) is 0 Å². The number of hydrogen-bond acceptors (Lipinski definition) is 1. The molecule has 0 bridgehead atoms. The molecular weight excluding hydrogens is 324 g/mol. The van der Waals surface area contributed by atoms with Gasteiger partial charge >= 0.3 is 0 Å². The molecule has 78 valence electrons. The van der Waals surface area contributed by atoms with Gasteiger partial charge in [-0.2, -0.15) is 0 Å². The molecule has 0 aromatic heterocycles. The zero-order valence-corrected chi connectivity index (χ0v) is 12.8. The summed E-state index contributed by atoms with van der Waals surface area (Å²) in [5.74, 6) is 0.974. The Kier molecular flexibility index (Phi) is 4.22. The van der Waals surface area contributed by atoms with Crippen molar-refractivity contribution in [3.8, 4) is 5.75 Å². The van der Waals surface area contributed by atoms with Gasteiger partial charge in [-0.3, -0.25) is 0 Å². The van der Waals surface area contributed by atoms with Crippen LogP contribution in [-0.2, 0) is 5.33 Å². The Hall–Kier alpha value is 0.197. The predicted octanol–water partition coefficient (Wildman–Crippen LogP) is 4.56. The highest BCUT2D eigenvalue weighted by Crippen LogP contribution is 2.25. The largest absolute Gasteiger partial charge is 0.544 e. The highest BCUT2D eigenvalue weighted by atomic mass is 79.9. The van der Waals surface area contributed by atoms with Crippen LogP contribution >= 0.6 is 31.9 Å². The monoisotopic (exact) mass is 336 g/mol. The third-order valence-corrected chi connectivity index (χ3v) is 3.81. The molecule has 0 fully saturated rings. The molecule has 0 unspecified atom stereocenters. The lowest BCUT2D eigenvalue weighted by molar-refractivity contribution is 0.557. The first kappa shape index (κ1) is 12.3. The molecule has 1 rings (SSSR count). The lowest BCUT2D eigenvalue weighted by atomic mass is 10.2. The quantitative estimate of drug-likeness (QED) is 0.580. The summed E-state index contributed by atoms with van der Waals surface area (Å²) in [5, 5.41) is 0.844. The van der Waals surface area contributed by atoms with Gasteiger partial charge in [0.05, 0.1) is 0 Å². The molecule has 0 heterocycles. The van der Waals surface area contributed by atoms with Crippen molar-refractivity contribution in [1.82, 2.24) is 0 Å². The summed E-state index contributed by atoms with van der Waals surface area (Å²) in [4.78, 5) is 0. The van der Waals surface area contributed by atoms with Crippen LogP contribution in [-0.4, -0.2) is 8.32 Å². The fraction of sp³-hybridized carbons (Fsp3) is 0.400. The van der Waals surface area contributed by atoms with E-state index in [1.165, 1.54) is 5.56 Å². The summed E-state index contributed by atoms with van der Waals surface area (Å²) < 4.78 is 7.02. The van der Waals surface area contributed by atoms with Crippen LogP contribution in [0, 0.1) is 0 Å². The van der Waals surface area contributed by atoms with Crippen molar-refractivity contribution >= 4 is 40.2 Å². The number of benzene rings is 1. The van der Waals surface area contributed by atoms with Crippen molar-refractivity contribution in [2.45, 2.75) is 25.0 Å². The Morgan fingerprint density at radius 1 is 1.29 bits per heavy atom. The van der Waals surface area contributed by atoms with E-state index in [0.29, 0.717) is 0 Å². The molecule has 0 amide bonds. The van der Waals surface area contributed by atoms with Crippen LogP contribution in [0.3, 0.4) is 0 Å². The molecule has 4 heteroatoms. The van der Waals surface area contributed by atoms with Crippen LogP contribution in [0.2, 0.25) is 19.6 Å². The van der Waals surface area contributed by atoms with Gasteiger partial charge < -0.3 is 4.43 Å². The van der Waals surface area contributed by atoms with Crippen LogP contribution in [0.25, 0.3) is 0 Å². The molecule has 0 radical (unpaired) electrons. The molecule has 0 saturated heterocycles. The van der Waals surface area contributed by atoms with E-state index in [1.807, 2.05) is 12.1 Å². The van der Waals surface area contributed by atoms with E-state index >= 15 is 0 Å². The molecule has 0 N–H and O–H groups in total. The van der Waals surface area contributed by atoms with Crippen LogP contribution < -0.4 is 4.43 Å². The standard InChI is InChI=1S/C10H14Br2OSi/c1-14(2,3)13-9-4-5-10(12)8(6-9)7-11/h4-6H,7H2,1-3H3. The zero-order valence-electron chi connectivity index (χ0n) is 8.60.